The van der Waals surface area contributed by atoms with Crippen molar-refractivity contribution in [3.63, 3.8) is 0 Å². The average Bonchev–Trinajstić information content (AvgIpc) is 3.34. The van der Waals surface area contributed by atoms with Crippen LogP contribution in [0.3, 0.4) is 0 Å². The van der Waals surface area contributed by atoms with Crippen molar-refractivity contribution in [2.75, 3.05) is 66.8 Å². The van der Waals surface area contributed by atoms with Gasteiger partial charge >= 0.3 is 0 Å². The van der Waals surface area contributed by atoms with Crippen LogP contribution in [-0.2, 0) is 33.4 Å². The number of carbonyl (C=O) groups excluding carboxylic acids is 4. The van der Waals surface area contributed by atoms with Crippen LogP contribution >= 0.6 is 0 Å². The molecule has 2 heterocycles. The molecule has 1 aliphatic carbocycles. The van der Waals surface area contributed by atoms with Gasteiger partial charge < -0.3 is 34.5 Å². The number of nitrogens with zero attached hydrogens (tertiary/aromatic N) is 2. The van der Waals surface area contributed by atoms with Gasteiger partial charge in [0.1, 0.15) is 12.1 Å². The third kappa shape index (κ3) is 17.9. The van der Waals surface area contributed by atoms with E-state index in [2.05, 4.69) is 15.6 Å². The predicted octanol–water partition coefficient (Wildman–Crippen LogP) is 2.29. The van der Waals surface area contributed by atoms with Crippen LogP contribution in [0.5, 0.6) is 0 Å². The largest absolute Gasteiger partial charge is 0.379 e. The first-order valence-corrected chi connectivity index (χ1v) is 15.0. The van der Waals surface area contributed by atoms with Gasteiger partial charge in [-0.25, -0.2) is 0 Å². The highest BCUT2D eigenvalue weighted by Gasteiger charge is 2.28. The molecule has 0 spiro atoms. The van der Waals surface area contributed by atoms with Gasteiger partial charge in [0.05, 0.1) is 39.6 Å². The predicted molar refractivity (Wildman–Crippen MR) is 161 cm³/mol. The minimum atomic E-state index is -0.0532. The Kier molecular flexibility index (Phi) is 21.1. The fourth-order valence-electron chi connectivity index (χ4n) is 4.48. The summed E-state index contributed by atoms with van der Waals surface area (Å²) in [5, 5.41) is 6.07. The third-order valence-electron chi connectivity index (χ3n) is 6.91. The highest BCUT2D eigenvalue weighted by Crippen LogP contribution is 2.27. The normalized spacial score (nSPS) is 19.8. The Bertz CT molecular complexity index is 837. The number of Topliss-reactive ketones (excluding diaryl/α,β-unsaturated/α-hetero) is 1. The fourth-order valence-corrected chi connectivity index (χ4v) is 4.48. The van der Waals surface area contributed by atoms with E-state index < -0.39 is 0 Å². The zero-order valence-electron chi connectivity index (χ0n) is 25.9. The quantitative estimate of drug-likeness (QED) is 0.219. The van der Waals surface area contributed by atoms with Gasteiger partial charge in [-0.15, -0.1) is 0 Å². The second-order valence-electron chi connectivity index (χ2n) is 10.8. The molecule has 0 aromatic carbocycles. The molecule has 2 aliphatic rings. The summed E-state index contributed by atoms with van der Waals surface area (Å²) in [6.07, 6.45) is 8.65. The fraction of sp³-hybridized carbons (Fsp3) is 0.710. The number of nitrogens with one attached hydrogen (secondary N) is 2. The lowest BCUT2D eigenvalue weighted by atomic mass is 9.80. The van der Waals surface area contributed by atoms with Gasteiger partial charge in [-0.3, -0.25) is 19.4 Å². The number of ether oxygens (including phenoxy) is 3. The lowest BCUT2D eigenvalue weighted by Crippen LogP contribution is -2.39. The molecule has 1 aliphatic heterocycles. The number of amides is 2. The topological polar surface area (TPSA) is 136 Å². The number of pyridine rings is 1. The zero-order valence-corrected chi connectivity index (χ0v) is 25.9. The van der Waals surface area contributed by atoms with E-state index in [0.717, 1.165) is 38.5 Å². The number of rotatable bonds is 16. The molecule has 2 N–H and O–H groups in total. The van der Waals surface area contributed by atoms with Gasteiger partial charge in [0, 0.05) is 69.2 Å². The summed E-state index contributed by atoms with van der Waals surface area (Å²) in [5.74, 6) is 0.686. The smallest absolute Gasteiger partial charge is 0.223 e. The maximum atomic E-state index is 12.0. The summed E-state index contributed by atoms with van der Waals surface area (Å²) < 4.78 is 16.2. The molecule has 1 saturated heterocycles. The van der Waals surface area contributed by atoms with Crippen LogP contribution < -0.4 is 10.6 Å². The molecule has 1 unspecified atom stereocenters. The summed E-state index contributed by atoms with van der Waals surface area (Å²) in [4.78, 5) is 50.2. The molecule has 238 valence electrons. The zero-order chi connectivity index (χ0) is 31.0. The van der Waals surface area contributed by atoms with E-state index in [1.54, 1.807) is 24.3 Å². The summed E-state index contributed by atoms with van der Waals surface area (Å²) >= 11 is 0. The van der Waals surface area contributed by atoms with Crippen molar-refractivity contribution in [2.24, 2.45) is 17.8 Å². The van der Waals surface area contributed by atoms with E-state index in [-0.39, 0.29) is 35.6 Å². The number of hydrogen-bond acceptors (Lipinski definition) is 9. The van der Waals surface area contributed by atoms with Crippen LogP contribution in [-0.4, -0.2) is 107 Å². The standard InChI is InChI=1S/C20H38N2O5.C6H9NO2.C5H5N/c1-16(2)20(24)17-4-6-18(7-5-17)22-19(23)8-10-25-12-14-27-15-13-26-11-9-21-3;1-7-3-5(4-8)2-6(7)9;1-2-4-6-5-3-1/h16-18,21H,4-15H2,1-3H3,(H,22,23);4-5H,2-3H2,1H3;1-5H. The van der Waals surface area contributed by atoms with Gasteiger partial charge in [-0.2, -0.15) is 0 Å². The van der Waals surface area contributed by atoms with Gasteiger partial charge in [0.25, 0.3) is 0 Å². The van der Waals surface area contributed by atoms with Crippen molar-refractivity contribution in [1.29, 1.82) is 0 Å². The van der Waals surface area contributed by atoms with Crippen molar-refractivity contribution >= 4 is 23.9 Å². The van der Waals surface area contributed by atoms with Crippen LogP contribution in [0.4, 0.5) is 0 Å². The van der Waals surface area contributed by atoms with E-state index >= 15 is 0 Å². The monoisotopic (exact) mass is 592 g/mol. The molecular weight excluding hydrogens is 540 g/mol. The van der Waals surface area contributed by atoms with E-state index in [1.165, 1.54) is 0 Å². The first-order chi connectivity index (χ1) is 20.3. The number of aromatic nitrogens is 1. The number of ketones is 1. The number of aldehydes is 1. The molecule has 42 heavy (non-hydrogen) atoms. The number of likely N-dealkylation sites (N-methyl/N-ethyl adjacent to an activating group) is 1. The van der Waals surface area contributed by atoms with Gasteiger partial charge in [0.2, 0.25) is 11.8 Å². The van der Waals surface area contributed by atoms with E-state index in [4.69, 9.17) is 14.2 Å². The van der Waals surface area contributed by atoms with Crippen molar-refractivity contribution in [2.45, 2.75) is 58.4 Å². The van der Waals surface area contributed by atoms with Crippen LogP contribution in [0.2, 0.25) is 0 Å². The maximum Gasteiger partial charge on any atom is 0.223 e. The van der Waals surface area contributed by atoms with Crippen LogP contribution in [0.25, 0.3) is 0 Å². The van der Waals surface area contributed by atoms with Crippen LogP contribution in [0.15, 0.2) is 30.6 Å². The molecule has 11 heteroatoms. The summed E-state index contributed by atoms with van der Waals surface area (Å²) in [6, 6.07) is 5.91. The molecule has 1 saturated carbocycles. The highest BCUT2D eigenvalue weighted by molar-refractivity contribution is 5.83. The third-order valence-corrected chi connectivity index (χ3v) is 6.91. The van der Waals surface area contributed by atoms with E-state index in [1.807, 2.05) is 39.1 Å². The first-order valence-electron chi connectivity index (χ1n) is 15.0. The molecule has 1 aromatic rings. The Balaban J connectivity index is 0.000000470. The molecular formula is C31H52N4O7. The minimum absolute atomic E-state index is 0.0208. The number of carbonyl (C=O) groups is 4. The molecule has 1 atom stereocenters. The SMILES string of the molecule is CN1CC(C=O)CC1=O.CNCCOCCOCCOCCC(=O)NC1CCC(C(=O)C(C)C)CC1.c1ccncc1. The summed E-state index contributed by atoms with van der Waals surface area (Å²) in [5.41, 5.74) is 0. The molecule has 0 bridgehead atoms. The average molecular weight is 593 g/mol. The Morgan fingerprint density at radius 3 is 2.00 bits per heavy atom. The first kappa shape index (κ1) is 37.3. The van der Waals surface area contributed by atoms with Crippen LogP contribution in [0, 0.1) is 17.8 Å². The Morgan fingerprint density at radius 2 is 1.57 bits per heavy atom. The molecule has 2 amide bonds. The minimum Gasteiger partial charge on any atom is -0.379 e. The van der Waals surface area contributed by atoms with Gasteiger partial charge in [-0.1, -0.05) is 19.9 Å². The molecule has 1 aromatic heterocycles. The Labute approximate surface area is 251 Å². The van der Waals surface area contributed by atoms with Crippen molar-refractivity contribution in [1.82, 2.24) is 20.5 Å². The van der Waals surface area contributed by atoms with Crippen molar-refractivity contribution in [3.8, 4) is 0 Å². The lowest BCUT2D eigenvalue weighted by Gasteiger charge is -2.29. The molecule has 0 radical (unpaired) electrons. The number of hydrogen-bond donors (Lipinski definition) is 2. The Morgan fingerprint density at radius 1 is 0.976 bits per heavy atom. The molecule has 2 fully saturated rings. The van der Waals surface area contributed by atoms with Gasteiger partial charge in [0.15, 0.2) is 0 Å². The van der Waals surface area contributed by atoms with Crippen LogP contribution in [0.1, 0.15) is 52.4 Å². The maximum absolute atomic E-state index is 12.0. The lowest BCUT2D eigenvalue weighted by molar-refractivity contribution is -0.127. The second-order valence-corrected chi connectivity index (χ2v) is 10.8. The summed E-state index contributed by atoms with van der Waals surface area (Å²) in [6.45, 7) is 8.55. The van der Waals surface area contributed by atoms with Crippen molar-refractivity contribution < 1.29 is 33.4 Å². The van der Waals surface area contributed by atoms with E-state index in [9.17, 15) is 19.2 Å². The molecule has 3 rings (SSSR count). The van der Waals surface area contributed by atoms with Gasteiger partial charge in [-0.05, 0) is 44.9 Å². The number of likely N-dealkylation sites (tertiary alicyclic amines) is 1. The highest BCUT2D eigenvalue weighted by atomic mass is 16.5. The van der Waals surface area contributed by atoms with E-state index in [0.29, 0.717) is 64.8 Å². The van der Waals surface area contributed by atoms with Crippen molar-refractivity contribution in [3.05, 3.63) is 30.6 Å². The Hall–Kier alpha value is -2.73. The molecule has 11 nitrogen and oxygen atoms in total. The second kappa shape index (κ2) is 23.8. The summed E-state index contributed by atoms with van der Waals surface area (Å²) in [7, 11) is 3.60.